The van der Waals surface area contributed by atoms with Crippen LogP contribution in [-0.4, -0.2) is 20.1 Å². The van der Waals surface area contributed by atoms with Crippen LogP contribution in [-0.2, 0) is 0 Å². The van der Waals surface area contributed by atoms with Crippen LogP contribution >= 0.6 is 0 Å². The summed E-state index contributed by atoms with van der Waals surface area (Å²) in [6.45, 7) is 4.34. The van der Waals surface area contributed by atoms with Crippen LogP contribution in [0.25, 0.3) is 0 Å². The smallest absolute Gasteiger partial charge is 0.133 e. The molecule has 0 saturated carbocycles. The van der Waals surface area contributed by atoms with Gasteiger partial charge in [-0.3, -0.25) is 0 Å². The van der Waals surface area contributed by atoms with Gasteiger partial charge in [0.1, 0.15) is 20.1 Å². The molecule has 0 aliphatic carbocycles. The van der Waals surface area contributed by atoms with E-state index in [4.69, 9.17) is 0 Å². The van der Waals surface area contributed by atoms with E-state index in [1.165, 1.54) is 0 Å². The Morgan fingerprint density at radius 1 is 1.67 bits per heavy atom. The maximum atomic E-state index is 3.15. The molecule has 1 N–H and O–H groups in total. The topological polar surface area (TPSA) is 12.0 Å². The Labute approximate surface area is 44.9 Å². The lowest BCUT2D eigenvalue weighted by atomic mass is 10.6. The van der Waals surface area contributed by atoms with Crippen LogP contribution in [0.2, 0.25) is 5.54 Å². The second kappa shape index (κ2) is 3.58. The summed E-state index contributed by atoms with van der Waals surface area (Å²) in [6, 6.07) is 0. The van der Waals surface area contributed by atoms with Crippen LogP contribution in [0.3, 0.4) is 0 Å². The Bertz CT molecular complexity index is 30.0. The molecule has 0 fully saturated rings. The summed E-state index contributed by atoms with van der Waals surface area (Å²) >= 11 is 0. The van der Waals surface area contributed by atoms with Gasteiger partial charge in [-0.05, 0) is 5.54 Å². The van der Waals surface area contributed by atoms with Crippen LogP contribution in [0.1, 0.15) is 13.8 Å². The highest BCUT2D eigenvalue weighted by Crippen LogP contribution is 1.90. The van der Waals surface area contributed by atoms with E-state index in [-0.39, 0.29) is 0 Å². The zero-order valence-electron chi connectivity index (χ0n) is 4.08. The first-order valence-electron chi connectivity index (χ1n) is 1.94. The Kier molecular flexibility index (Phi) is 3.81. The zero-order valence-corrected chi connectivity index (χ0v) is 6.08. The summed E-state index contributed by atoms with van der Waals surface area (Å²) < 4.78 is 2.90. The first kappa shape index (κ1) is 6.39. The highest BCUT2D eigenvalue weighted by molar-refractivity contribution is 6.43. The Balaban J connectivity index is 2.63. The van der Waals surface area contributed by atoms with E-state index in [9.17, 15) is 0 Å². The second-order valence-corrected chi connectivity index (χ2v) is 3.87. The number of rotatable bonds is 2. The van der Waals surface area contributed by atoms with Gasteiger partial charge in [-0.2, -0.15) is 0 Å². The lowest BCUT2D eigenvalue weighted by Crippen LogP contribution is -2.16. The van der Waals surface area contributed by atoms with Crippen molar-refractivity contribution in [2.45, 2.75) is 19.4 Å². The normalized spacial score (nSPS) is 10.0. The van der Waals surface area contributed by atoms with Crippen molar-refractivity contribution >= 4 is 20.1 Å². The van der Waals surface area contributed by atoms with Crippen molar-refractivity contribution < 1.29 is 0 Å². The molecule has 0 bridgehead atoms. The molecule has 0 aliphatic heterocycles. The molecule has 0 spiro atoms. The van der Waals surface area contributed by atoms with Gasteiger partial charge in [0, 0.05) is 0 Å². The van der Waals surface area contributed by atoms with Gasteiger partial charge in [0.05, 0.1) is 0 Å². The van der Waals surface area contributed by atoms with Crippen LogP contribution < -0.4 is 4.65 Å². The predicted octanol–water partition coefficient (Wildman–Crippen LogP) is 0.107. The van der Waals surface area contributed by atoms with E-state index in [2.05, 4.69) is 28.9 Å². The van der Waals surface area contributed by atoms with Crippen molar-refractivity contribution in [2.24, 2.45) is 0 Å². The Morgan fingerprint density at radius 3 is 2.17 bits per heavy atom. The first-order valence-corrected chi connectivity index (χ1v) is 3.52. The van der Waals surface area contributed by atoms with E-state index < -0.39 is 0 Å². The Hall–Kier alpha value is 0.394. The zero-order chi connectivity index (χ0) is 4.99. The lowest BCUT2D eigenvalue weighted by Gasteiger charge is -1.95. The molecule has 0 aromatic carbocycles. The predicted molar refractivity (Wildman–Crippen MR) is 29.7 cm³/mol. The van der Waals surface area contributed by atoms with Gasteiger partial charge in [0.15, 0.2) is 0 Å². The van der Waals surface area contributed by atoms with Crippen molar-refractivity contribution in [1.29, 1.82) is 0 Å². The van der Waals surface area contributed by atoms with E-state index >= 15 is 0 Å². The lowest BCUT2D eigenvalue weighted by molar-refractivity contribution is 1.05. The minimum atomic E-state index is 0.766. The van der Waals surface area contributed by atoms with Gasteiger partial charge in [-0.25, -0.2) is 0 Å². The molecule has 0 amide bonds. The molecule has 0 rings (SSSR count). The number of nitrogens with one attached hydrogen (secondary N) is 1. The van der Waals surface area contributed by atoms with Crippen molar-refractivity contribution in [2.75, 3.05) is 0 Å². The maximum Gasteiger partial charge on any atom is 0.133 e. The molecule has 0 atom stereocenters. The third-order valence-electron chi connectivity index (χ3n) is 0.361. The van der Waals surface area contributed by atoms with E-state index in [0.29, 0.717) is 0 Å². The van der Waals surface area contributed by atoms with Crippen LogP contribution in [0.5, 0.6) is 0 Å². The molecule has 33 valence electrons. The molecule has 0 aliphatic rings. The average Bonchev–Trinajstić information content (AvgIpc) is 1.35. The van der Waals surface area contributed by atoms with Gasteiger partial charge in [0.2, 0.25) is 0 Å². The second-order valence-electron chi connectivity index (χ2n) is 1.42. The fraction of sp³-hybridized carbons (Fsp3) is 1.00. The van der Waals surface area contributed by atoms with E-state index in [1.807, 2.05) is 0 Å². The van der Waals surface area contributed by atoms with Crippen LogP contribution in [0.4, 0.5) is 0 Å². The van der Waals surface area contributed by atoms with Crippen molar-refractivity contribution in [3.05, 3.63) is 0 Å². The standard InChI is InChI=1S/C3H8NSi2/c1-3(2)6-4-5/h3-4H,1-2H3. The highest BCUT2D eigenvalue weighted by Gasteiger charge is 1.87. The quantitative estimate of drug-likeness (QED) is 0.502. The third-order valence-corrected chi connectivity index (χ3v) is 1.52. The molecule has 6 heavy (non-hydrogen) atoms. The molecule has 0 aromatic rings. The van der Waals surface area contributed by atoms with Gasteiger partial charge in [0.25, 0.3) is 0 Å². The minimum absolute atomic E-state index is 0.766. The fourth-order valence-electron chi connectivity index (χ4n) is 0.144. The molecule has 0 unspecified atom stereocenters. The summed E-state index contributed by atoms with van der Waals surface area (Å²) in [5.74, 6) is 0. The van der Waals surface area contributed by atoms with E-state index in [1.54, 1.807) is 0 Å². The van der Waals surface area contributed by atoms with Crippen molar-refractivity contribution in [3.8, 4) is 0 Å². The minimum Gasteiger partial charge on any atom is -0.365 e. The average molecular weight is 114 g/mol. The van der Waals surface area contributed by atoms with E-state index in [0.717, 1.165) is 15.2 Å². The monoisotopic (exact) mass is 114 g/mol. The molecular formula is C3H8NSi2. The SMILES string of the molecule is CC(C)[Si]N[Si]. The van der Waals surface area contributed by atoms with Crippen LogP contribution in [0.15, 0.2) is 0 Å². The number of hydrogen-bond acceptors (Lipinski definition) is 1. The largest absolute Gasteiger partial charge is 0.365 e. The Morgan fingerprint density at radius 2 is 2.17 bits per heavy atom. The van der Waals surface area contributed by atoms with Gasteiger partial charge in [-0.1, -0.05) is 13.8 Å². The van der Waals surface area contributed by atoms with Crippen molar-refractivity contribution in [3.63, 3.8) is 0 Å². The molecule has 0 heterocycles. The summed E-state index contributed by atoms with van der Waals surface area (Å²) in [5, 5.41) is 0. The highest BCUT2D eigenvalue weighted by atomic mass is 28.3. The summed E-state index contributed by atoms with van der Waals surface area (Å²) in [7, 11) is 3.99. The third kappa shape index (κ3) is 4.39. The molecular weight excluding hydrogens is 106 g/mol. The number of hydrogen-bond donors (Lipinski definition) is 1. The van der Waals surface area contributed by atoms with Gasteiger partial charge < -0.3 is 4.65 Å². The summed E-state index contributed by atoms with van der Waals surface area (Å²) in [4.78, 5) is 0. The molecule has 5 radical (unpaired) electrons. The van der Waals surface area contributed by atoms with Crippen molar-refractivity contribution in [1.82, 2.24) is 4.65 Å². The van der Waals surface area contributed by atoms with Gasteiger partial charge >= 0.3 is 0 Å². The molecule has 0 aromatic heterocycles. The maximum absolute atomic E-state index is 3.15. The molecule has 0 saturated heterocycles. The summed E-state index contributed by atoms with van der Waals surface area (Å²) in [5.41, 5.74) is 0.766. The molecule has 1 nitrogen and oxygen atoms in total. The van der Waals surface area contributed by atoms with Gasteiger partial charge in [-0.15, -0.1) is 0 Å². The molecule has 3 heteroatoms. The van der Waals surface area contributed by atoms with Crippen LogP contribution in [0, 0.1) is 0 Å². The summed E-state index contributed by atoms with van der Waals surface area (Å²) in [6.07, 6.45) is 0. The first-order chi connectivity index (χ1) is 2.77. The fourth-order valence-corrected chi connectivity index (χ4v) is 1.30.